The average molecular weight is 578 g/mol. The highest BCUT2D eigenvalue weighted by atomic mass is 16.5. The third kappa shape index (κ3) is 6.97. The molecule has 0 unspecified atom stereocenters. The Morgan fingerprint density at radius 2 is 1.88 bits per heavy atom. The highest BCUT2D eigenvalue weighted by molar-refractivity contribution is 6.23. The number of ether oxygens (including phenoxy) is 1. The number of nitrogens with one attached hydrogen (secondary N) is 2. The molecule has 8 heteroatoms. The molecule has 2 N–H and O–H groups in total. The number of rotatable bonds is 10. The molecule has 222 valence electrons. The van der Waals surface area contributed by atoms with Crippen LogP contribution in [0.3, 0.4) is 0 Å². The lowest BCUT2D eigenvalue weighted by Crippen LogP contribution is -2.33. The number of hydrogen-bond donors (Lipinski definition) is 2. The minimum absolute atomic E-state index is 0.00105. The first-order chi connectivity index (χ1) is 20.9. The molecule has 1 aliphatic carbocycles. The Balaban J connectivity index is 1.09. The Morgan fingerprint density at radius 3 is 2.67 bits per heavy atom. The quantitative estimate of drug-likeness (QED) is 0.239. The van der Waals surface area contributed by atoms with Gasteiger partial charge in [0.2, 0.25) is 0 Å². The second-order valence-corrected chi connectivity index (χ2v) is 11.8. The third-order valence-electron chi connectivity index (χ3n) is 8.26. The van der Waals surface area contributed by atoms with Crippen molar-refractivity contribution in [3.8, 4) is 5.75 Å². The van der Waals surface area contributed by atoms with Gasteiger partial charge < -0.3 is 15.0 Å². The summed E-state index contributed by atoms with van der Waals surface area (Å²) >= 11 is 0. The minimum Gasteiger partial charge on any atom is -0.492 e. The van der Waals surface area contributed by atoms with Crippen LogP contribution < -0.4 is 10.1 Å². The van der Waals surface area contributed by atoms with Gasteiger partial charge in [0.1, 0.15) is 12.4 Å². The third-order valence-corrected chi connectivity index (χ3v) is 8.26. The fourth-order valence-corrected chi connectivity index (χ4v) is 5.71. The fraction of sp³-hybridized carbons (Fsp3) is 0.343. The monoisotopic (exact) mass is 577 g/mol. The van der Waals surface area contributed by atoms with Crippen molar-refractivity contribution in [2.75, 3.05) is 26.2 Å². The summed E-state index contributed by atoms with van der Waals surface area (Å²) in [7, 11) is 0. The highest BCUT2D eigenvalue weighted by Gasteiger charge is 2.20. The van der Waals surface area contributed by atoms with Crippen molar-refractivity contribution in [3.05, 3.63) is 101 Å². The van der Waals surface area contributed by atoms with Gasteiger partial charge in [-0.3, -0.25) is 19.2 Å². The molecule has 6 rings (SSSR count). The molecule has 0 saturated carbocycles. The topological polar surface area (TPSA) is 92.2 Å². The predicted octanol–water partition coefficient (Wildman–Crippen LogP) is 6.07. The molecule has 0 radical (unpaired) electrons. The largest absolute Gasteiger partial charge is 0.492 e. The summed E-state index contributed by atoms with van der Waals surface area (Å²) in [6, 6.07) is 16.4. The molecule has 1 amide bonds. The number of carbonyl (C=O) groups excluding carboxylic acids is 2. The van der Waals surface area contributed by atoms with Gasteiger partial charge in [-0.15, -0.1) is 0 Å². The highest BCUT2D eigenvalue weighted by Crippen LogP contribution is 2.28. The molecule has 1 fully saturated rings. The number of H-pyrrole nitrogens is 1. The first kappa shape index (κ1) is 28.7. The molecule has 1 saturated heterocycles. The number of carbonyl (C=O) groups is 2. The lowest BCUT2D eigenvalue weighted by molar-refractivity contribution is -0.113. The van der Waals surface area contributed by atoms with Gasteiger partial charge in [0.15, 0.2) is 5.78 Å². The van der Waals surface area contributed by atoms with E-state index in [0.29, 0.717) is 35.9 Å². The van der Waals surface area contributed by atoms with Crippen molar-refractivity contribution in [1.82, 2.24) is 25.0 Å². The summed E-state index contributed by atoms with van der Waals surface area (Å²) in [6.07, 6.45) is 10.9. The van der Waals surface area contributed by atoms with E-state index in [0.717, 1.165) is 47.5 Å². The van der Waals surface area contributed by atoms with E-state index in [1.165, 1.54) is 24.8 Å². The number of Topliss-reactive ketones (excluding diaryl/α,β-unsaturated/α-hetero) is 1. The number of fused-ring (bicyclic) bond motifs is 1. The van der Waals surface area contributed by atoms with E-state index < -0.39 is 0 Å². The van der Waals surface area contributed by atoms with Crippen LogP contribution in [-0.2, 0) is 11.3 Å². The maximum Gasteiger partial charge on any atom is 0.258 e. The van der Waals surface area contributed by atoms with Crippen molar-refractivity contribution in [2.24, 2.45) is 0 Å². The summed E-state index contributed by atoms with van der Waals surface area (Å²) in [6.45, 7) is 8.83. The SMILES string of the molecule is CC(C)c1ccc(Cn2cc(C(=O)NC3=CCC(=O)C(c4cc5cc(OCCN6CCCCC6)ccc5[nH]4)=C3)cn2)cc1. The summed E-state index contributed by atoms with van der Waals surface area (Å²) in [5.41, 5.74) is 5.67. The Labute approximate surface area is 252 Å². The zero-order valence-electron chi connectivity index (χ0n) is 24.9. The number of ketones is 1. The summed E-state index contributed by atoms with van der Waals surface area (Å²) < 4.78 is 7.80. The first-order valence-corrected chi connectivity index (χ1v) is 15.3. The van der Waals surface area contributed by atoms with Crippen LogP contribution in [0.4, 0.5) is 0 Å². The Morgan fingerprint density at radius 1 is 1.07 bits per heavy atom. The van der Waals surface area contributed by atoms with E-state index in [2.05, 4.69) is 58.4 Å². The Hall–Kier alpha value is -4.43. The van der Waals surface area contributed by atoms with Gasteiger partial charge in [0.05, 0.1) is 24.0 Å². The lowest BCUT2D eigenvalue weighted by atomic mass is 9.98. The standard InChI is InChI=1S/C35H39N5O3/c1-24(2)26-8-6-25(7-9-26)22-40-23-28(21-36-40)35(42)37-29-10-13-34(41)31(20-29)33-19-27-18-30(11-12-32(27)38-33)43-17-16-39-14-4-3-5-15-39/h6-12,18-21,23-24,38H,3-5,13-17,22H2,1-2H3,(H,37,42). The molecule has 2 aromatic carbocycles. The second kappa shape index (κ2) is 12.8. The molecule has 0 spiro atoms. The van der Waals surface area contributed by atoms with E-state index in [1.807, 2.05) is 24.3 Å². The van der Waals surface area contributed by atoms with Crippen LogP contribution >= 0.6 is 0 Å². The van der Waals surface area contributed by atoms with E-state index in [4.69, 9.17) is 4.74 Å². The summed E-state index contributed by atoms with van der Waals surface area (Å²) in [5.74, 6) is 1.04. The van der Waals surface area contributed by atoms with E-state index >= 15 is 0 Å². The van der Waals surface area contributed by atoms with Gasteiger partial charge in [0.25, 0.3) is 5.91 Å². The number of benzene rings is 2. The molecule has 4 aromatic rings. The lowest BCUT2D eigenvalue weighted by Gasteiger charge is -2.26. The molecule has 0 atom stereocenters. The molecular weight excluding hydrogens is 538 g/mol. The van der Waals surface area contributed by atoms with Crippen LogP contribution in [0.5, 0.6) is 5.75 Å². The number of nitrogens with zero attached hydrogens (tertiary/aromatic N) is 3. The van der Waals surface area contributed by atoms with Crippen molar-refractivity contribution in [1.29, 1.82) is 0 Å². The van der Waals surface area contributed by atoms with Crippen molar-refractivity contribution < 1.29 is 14.3 Å². The molecule has 8 nitrogen and oxygen atoms in total. The van der Waals surface area contributed by atoms with Crippen LogP contribution in [0.2, 0.25) is 0 Å². The van der Waals surface area contributed by atoms with Crippen molar-refractivity contribution in [2.45, 2.75) is 52.0 Å². The number of allylic oxidation sites excluding steroid dienone is 3. The maximum absolute atomic E-state index is 13.0. The molecule has 1 aliphatic heterocycles. The van der Waals surface area contributed by atoms with Crippen molar-refractivity contribution >= 4 is 28.2 Å². The maximum atomic E-state index is 13.0. The van der Waals surface area contributed by atoms with Crippen LogP contribution in [0.1, 0.15) is 72.6 Å². The summed E-state index contributed by atoms with van der Waals surface area (Å²) in [5, 5.41) is 8.31. The number of aromatic amines is 1. The van der Waals surface area contributed by atoms with Crippen LogP contribution in [0.25, 0.3) is 16.5 Å². The normalized spacial score (nSPS) is 15.9. The minimum atomic E-state index is -0.263. The van der Waals surface area contributed by atoms with Gasteiger partial charge in [-0.2, -0.15) is 5.10 Å². The first-order valence-electron chi connectivity index (χ1n) is 15.3. The molecule has 2 aromatic heterocycles. The molecule has 3 heterocycles. The van der Waals surface area contributed by atoms with Gasteiger partial charge in [-0.1, -0.05) is 50.6 Å². The van der Waals surface area contributed by atoms with Gasteiger partial charge in [0, 0.05) is 41.3 Å². The fourth-order valence-electron chi connectivity index (χ4n) is 5.71. The summed E-state index contributed by atoms with van der Waals surface area (Å²) in [4.78, 5) is 31.7. The van der Waals surface area contributed by atoms with Crippen LogP contribution in [-0.4, -0.2) is 57.6 Å². The average Bonchev–Trinajstić information content (AvgIpc) is 3.66. The number of hydrogen-bond acceptors (Lipinski definition) is 5. The van der Waals surface area contributed by atoms with Gasteiger partial charge >= 0.3 is 0 Å². The zero-order chi connectivity index (χ0) is 29.8. The van der Waals surface area contributed by atoms with Gasteiger partial charge in [-0.05, 0) is 73.3 Å². The number of aromatic nitrogens is 3. The van der Waals surface area contributed by atoms with E-state index in [1.54, 1.807) is 29.2 Å². The predicted molar refractivity (Wildman–Crippen MR) is 169 cm³/mol. The van der Waals surface area contributed by atoms with Crippen molar-refractivity contribution in [3.63, 3.8) is 0 Å². The Kier molecular flexibility index (Phi) is 8.56. The zero-order valence-corrected chi connectivity index (χ0v) is 24.9. The molecule has 0 bridgehead atoms. The van der Waals surface area contributed by atoms with E-state index in [9.17, 15) is 9.59 Å². The van der Waals surface area contributed by atoms with Gasteiger partial charge in [-0.25, -0.2) is 0 Å². The van der Waals surface area contributed by atoms with Crippen LogP contribution in [0.15, 0.2) is 78.8 Å². The number of amides is 1. The Bertz CT molecular complexity index is 1670. The number of piperidine rings is 1. The molecular formula is C35H39N5O3. The smallest absolute Gasteiger partial charge is 0.258 e. The molecule has 43 heavy (non-hydrogen) atoms. The second-order valence-electron chi connectivity index (χ2n) is 11.8. The van der Waals surface area contributed by atoms with E-state index in [-0.39, 0.29) is 18.1 Å². The molecule has 2 aliphatic rings. The van der Waals surface area contributed by atoms with Crippen LogP contribution in [0, 0.1) is 0 Å². The number of likely N-dealkylation sites (tertiary alicyclic amines) is 1.